The molecule has 0 atom stereocenters. The molecule has 0 aliphatic heterocycles. The lowest BCUT2D eigenvalue weighted by Gasteiger charge is -2.15. The summed E-state index contributed by atoms with van der Waals surface area (Å²) in [5.74, 6) is -1.01. The molecule has 28 heavy (non-hydrogen) atoms. The van der Waals surface area contributed by atoms with E-state index >= 15 is 0 Å². The number of non-ortho nitro benzene ring substituents is 1. The van der Waals surface area contributed by atoms with Crippen LogP contribution in [0, 0.1) is 15.9 Å². The zero-order valence-corrected chi connectivity index (χ0v) is 14.8. The first-order valence-corrected chi connectivity index (χ1v) is 7.95. The average molecular weight is 415 g/mol. The highest BCUT2D eigenvalue weighted by Crippen LogP contribution is 2.33. The van der Waals surface area contributed by atoms with Crippen molar-refractivity contribution < 1.29 is 22.5 Å². The van der Waals surface area contributed by atoms with Crippen molar-refractivity contribution in [2.24, 2.45) is 10.8 Å². The highest BCUT2D eigenvalue weighted by molar-refractivity contribution is 7.80. The van der Waals surface area contributed by atoms with Gasteiger partial charge in [0.2, 0.25) is 0 Å². The molecule has 4 N–H and O–H groups in total. The molecule has 0 aromatic heterocycles. The third-order valence-electron chi connectivity index (χ3n) is 3.47. The van der Waals surface area contributed by atoms with Gasteiger partial charge >= 0.3 is 6.18 Å². The largest absolute Gasteiger partial charge is 0.416 e. The first kappa shape index (κ1) is 21.0. The van der Waals surface area contributed by atoms with Crippen molar-refractivity contribution in [1.82, 2.24) is 5.43 Å². The van der Waals surface area contributed by atoms with Gasteiger partial charge in [0.05, 0.1) is 16.7 Å². The summed E-state index contributed by atoms with van der Waals surface area (Å²) >= 11 is 4.58. The Kier molecular flexibility index (Phi) is 6.46. The van der Waals surface area contributed by atoms with E-state index in [1.807, 2.05) is 0 Å². The molecule has 2 rings (SSSR count). The van der Waals surface area contributed by atoms with E-state index in [2.05, 4.69) is 28.1 Å². The number of hydrazone groups is 1. The van der Waals surface area contributed by atoms with Gasteiger partial charge in [0.25, 0.3) is 5.69 Å². The molecular formula is C16H13F4N5O2S. The molecule has 2 aromatic carbocycles. The summed E-state index contributed by atoms with van der Waals surface area (Å²) in [6.07, 6.45) is -3.57. The molecule has 0 bridgehead atoms. The van der Waals surface area contributed by atoms with Crippen LogP contribution in [0.4, 0.5) is 28.9 Å². The maximum Gasteiger partial charge on any atom is 0.416 e. The second kappa shape index (κ2) is 8.61. The summed E-state index contributed by atoms with van der Waals surface area (Å²) in [5.41, 5.74) is 6.39. The van der Waals surface area contributed by atoms with Gasteiger partial charge in [-0.3, -0.25) is 15.5 Å². The molecule has 0 fully saturated rings. The lowest BCUT2D eigenvalue weighted by molar-refractivity contribution is -0.384. The summed E-state index contributed by atoms with van der Waals surface area (Å²) in [5, 5.41) is 17.2. The lowest BCUT2D eigenvalue weighted by Crippen LogP contribution is -2.24. The van der Waals surface area contributed by atoms with Crippen molar-refractivity contribution in [1.29, 1.82) is 0 Å². The van der Waals surface area contributed by atoms with Gasteiger partial charge in [-0.25, -0.2) is 4.39 Å². The minimum atomic E-state index is -4.74. The summed E-state index contributed by atoms with van der Waals surface area (Å²) in [4.78, 5) is 10.3. The van der Waals surface area contributed by atoms with Crippen LogP contribution < -0.4 is 16.5 Å². The Balaban J connectivity index is 2.32. The molecule has 0 amide bonds. The van der Waals surface area contributed by atoms with Gasteiger partial charge in [-0.15, -0.1) is 0 Å². The lowest BCUT2D eigenvalue weighted by atomic mass is 10.1. The topological polar surface area (TPSA) is 106 Å². The molecule has 0 spiro atoms. The van der Waals surface area contributed by atoms with E-state index in [0.717, 1.165) is 12.1 Å². The van der Waals surface area contributed by atoms with E-state index in [9.17, 15) is 27.7 Å². The van der Waals surface area contributed by atoms with Gasteiger partial charge < -0.3 is 11.1 Å². The average Bonchev–Trinajstić information content (AvgIpc) is 2.60. The van der Waals surface area contributed by atoms with Crippen molar-refractivity contribution in [3.05, 3.63) is 69.0 Å². The second-order valence-corrected chi connectivity index (χ2v) is 5.86. The Morgan fingerprint density at radius 1 is 1.29 bits per heavy atom. The molecule has 0 heterocycles. The maximum absolute atomic E-state index is 13.2. The van der Waals surface area contributed by atoms with Gasteiger partial charge in [-0.1, -0.05) is 6.07 Å². The predicted octanol–water partition coefficient (Wildman–Crippen LogP) is 3.53. The Hall–Kier alpha value is -3.28. The number of nitro benzene ring substituents is 1. The summed E-state index contributed by atoms with van der Waals surface area (Å²) < 4.78 is 52.5. The maximum atomic E-state index is 13.2. The van der Waals surface area contributed by atoms with Crippen LogP contribution >= 0.6 is 12.2 Å². The van der Waals surface area contributed by atoms with Crippen LogP contribution in [0.2, 0.25) is 0 Å². The van der Waals surface area contributed by atoms with Crippen LogP contribution in [0.5, 0.6) is 0 Å². The van der Waals surface area contributed by atoms with E-state index in [-0.39, 0.29) is 34.2 Å². The standard InChI is InChI=1S/C16H13F4N5O2S/c17-11-2-1-9(13(6-11)16(18,19)20)7-22-14-4-3-12(25(26)27)5-10(14)8-23-24-15(21)28/h1-6,8,22H,7H2,(H3,21,24,28). The monoisotopic (exact) mass is 415 g/mol. The molecular weight excluding hydrogens is 402 g/mol. The molecule has 0 aliphatic rings. The van der Waals surface area contributed by atoms with E-state index in [1.165, 1.54) is 24.4 Å². The number of hydrogen-bond donors (Lipinski definition) is 3. The number of nitrogens with zero attached hydrogens (tertiary/aromatic N) is 2. The highest BCUT2D eigenvalue weighted by atomic mass is 32.1. The van der Waals surface area contributed by atoms with Crippen molar-refractivity contribution in [3.8, 4) is 0 Å². The molecule has 0 unspecified atom stereocenters. The quantitative estimate of drug-likeness (QED) is 0.219. The van der Waals surface area contributed by atoms with E-state index in [0.29, 0.717) is 6.07 Å². The van der Waals surface area contributed by atoms with Gasteiger partial charge in [-0.05, 0) is 36.0 Å². The molecule has 0 aliphatic carbocycles. The van der Waals surface area contributed by atoms with Crippen LogP contribution in [0.1, 0.15) is 16.7 Å². The minimum absolute atomic E-state index is 0.141. The minimum Gasteiger partial charge on any atom is -0.380 e. The predicted molar refractivity (Wildman–Crippen MR) is 99.3 cm³/mol. The van der Waals surface area contributed by atoms with Crippen LogP contribution in [-0.2, 0) is 12.7 Å². The van der Waals surface area contributed by atoms with Crippen molar-refractivity contribution >= 4 is 34.9 Å². The number of halogens is 4. The summed E-state index contributed by atoms with van der Waals surface area (Å²) in [6.45, 7) is -0.309. The molecule has 0 saturated heterocycles. The van der Waals surface area contributed by atoms with Gasteiger partial charge in [0.1, 0.15) is 5.82 Å². The zero-order valence-electron chi connectivity index (χ0n) is 14.0. The van der Waals surface area contributed by atoms with E-state index < -0.39 is 22.5 Å². The molecule has 0 radical (unpaired) electrons. The van der Waals surface area contributed by atoms with Crippen LogP contribution in [0.25, 0.3) is 0 Å². The Morgan fingerprint density at radius 3 is 2.61 bits per heavy atom. The summed E-state index contributed by atoms with van der Waals surface area (Å²) in [7, 11) is 0. The second-order valence-electron chi connectivity index (χ2n) is 5.42. The number of nitrogens with one attached hydrogen (secondary N) is 2. The van der Waals surface area contributed by atoms with Crippen LogP contribution in [-0.4, -0.2) is 16.3 Å². The fourth-order valence-electron chi connectivity index (χ4n) is 2.25. The zero-order chi connectivity index (χ0) is 20.9. The Morgan fingerprint density at radius 2 is 2.00 bits per heavy atom. The van der Waals surface area contributed by atoms with Crippen molar-refractivity contribution in [2.45, 2.75) is 12.7 Å². The highest BCUT2D eigenvalue weighted by Gasteiger charge is 2.33. The third kappa shape index (κ3) is 5.61. The van der Waals surface area contributed by atoms with E-state index in [1.54, 1.807) is 0 Å². The fourth-order valence-corrected chi connectivity index (χ4v) is 2.31. The van der Waals surface area contributed by atoms with Crippen molar-refractivity contribution in [2.75, 3.05) is 5.32 Å². The Bertz CT molecular complexity index is 934. The van der Waals surface area contributed by atoms with Gasteiger partial charge in [-0.2, -0.15) is 18.3 Å². The first-order chi connectivity index (χ1) is 13.1. The molecule has 0 saturated carbocycles. The molecule has 7 nitrogen and oxygen atoms in total. The molecule has 2 aromatic rings. The number of thiocarbonyl (C=S) groups is 1. The number of nitrogens with two attached hydrogens (primary N) is 1. The third-order valence-corrected chi connectivity index (χ3v) is 3.56. The van der Waals surface area contributed by atoms with Crippen molar-refractivity contribution in [3.63, 3.8) is 0 Å². The smallest absolute Gasteiger partial charge is 0.380 e. The van der Waals surface area contributed by atoms with E-state index in [4.69, 9.17) is 5.73 Å². The van der Waals surface area contributed by atoms with Crippen LogP contribution in [0.3, 0.4) is 0 Å². The number of nitro groups is 1. The number of rotatable bonds is 6. The SMILES string of the molecule is NC(=S)NN=Cc1cc([N+](=O)[O-])ccc1NCc1ccc(F)cc1C(F)(F)F. The first-order valence-electron chi connectivity index (χ1n) is 7.54. The molecule has 12 heteroatoms. The van der Waals surface area contributed by atoms with Gasteiger partial charge in [0, 0.05) is 29.9 Å². The number of hydrogen-bond acceptors (Lipinski definition) is 5. The Labute approximate surface area is 161 Å². The number of anilines is 1. The summed E-state index contributed by atoms with van der Waals surface area (Å²) in [6, 6.07) is 5.99. The number of benzene rings is 2. The fraction of sp³-hybridized carbons (Fsp3) is 0.125. The normalized spacial score (nSPS) is 11.4. The van der Waals surface area contributed by atoms with Gasteiger partial charge in [0.15, 0.2) is 5.11 Å². The molecule has 148 valence electrons. The number of alkyl halides is 3. The van der Waals surface area contributed by atoms with Crippen LogP contribution in [0.15, 0.2) is 41.5 Å².